The molecule has 0 aliphatic heterocycles. The smallest absolute Gasteiger partial charge is 0.218 e. The zero-order chi connectivity index (χ0) is 7.84. The summed E-state index contributed by atoms with van der Waals surface area (Å²) in [4.78, 5) is 4.14. The Bertz CT molecular complexity index is 398. The summed E-state index contributed by atoms with van der Waals surface area (Å²) < 4.78 is 2.43. The standard InChI is InChI=1S/C6H5BBrN3/c7-4-2-1-3-5-9-6(8)10-11(4)5/h1-3H,7H2. The third-order valence-corrected chi connectivity index (χ3v) is 1.86. The summed E-state index contributed by atoms with van der Waals surface area (Å²) in [6.45, 7) is 0. The first-order chi connectivity index (χ1) is 5.27. The van der Waals surface area contributed by atoms with Crippen molar-refractivity contribution in [3.8, 4) is 0 Å². The largest absolute Gasteiger partial charge is 0.227 e. The number of nitrogens with zero attached hydrogens (tertiary/aromatic N) is 3. The highest BCUT2D eigenvalue weighted by molar-refractivity contribution is 9.10. The summed E-state index contributed by atoms with van der Waals surface area (Å²) in [6.07, 6.45) is 0. The highest BCUT2D eigenvalue weighted by Gasteiger charge is 1.99. The molecule has 0 bridgehead atoms. The van der Waals surface area contributed by atoms with Gasteiger partial charge in [0.2, 0.25) is 4.73 Å². The Morgan fingerprint density at radius 3 is 3.00 bits per heavy atom. The van der Waals surface area contributed by atoms with Crippen molar-refractivity contribution < 1.29 is 0 Å². The first-order valence-corrected chi connectivity index (χ1v) is 4.04. The number of halogens is 1. The normalized spacial score (nSPS) is 10.6. The van der Waals surface area contributed by atoms with Gasteiger partial charge in [-0.2, -0.15) is 0 Å². The van der Waals surface area contributed by atoms with E-state index in [-0.39, 0.29) is 0 Å². The van der Waals surface area contributed by atoms with Crippen LogP contribution in [-0.4, -0.2) is 22.4 Å². The molecular formula is C6H5BBrN3. The Kier molecular flexibility index (Phi) is 1.46. The molecule has 11 heavy (non-hydrogen) atoms. The van der Waals surface area contributed by atoms with Gasteiger partial charge in [-0.3, -0.25) is 0 Å². The molecule has 0 saturated heterocycles. The molecule has 0 fully saturated rings. The van der Waals surface area contributed by atoms with E-state index in [9.17, 15) is 0 Å². The lowest BCUT2D eigenvalue weighted by Crippen LogP contribution is -2.14. The second-order valence-electron chi connectivity index (χ2n) is 2.32. The number of hydrogen-bond donors (Lipinski definition) is 0. The molecule has 3 nitrogen and oxygen atoms in total. The van der Waals surface area contributed by atoms with Crippen LogP contribution in [0.4, 0.5) is 0 Å². The van der Waals surface area contributed by atoms with Crippen molar-refractivity contribution in [1.82, 2.24) is 14.6 Å². The molecule has 2 rings (SSSR count). The van der Waals surface area contributed by atoms with Gasteiger partial charge in [-0.05, 0) is 27.6 Å². The van der Waals surface area contributed by atoms with Crippen LogP contribution in [0.5, 0.6) is 0 Å². The summed E-state index contributed by atoms with van der Waals surface area (Å²) in [6, 6.07) is 5.88. The van der Waals surface area contributed by atoms with Crippen LogP contribution in [0.2, 0.25) is 0 Å². The summed E-state index contributed by atoms with van der Waals surface area (Å²) in [5.74, 6) is 0. The molecule has 2 aromatic heterocycles. The zero-order valence-electron chi connectivity index (χ0n) is 5.95. The van der Waals surface area contributed by atoms with E-state index in [2.05, 4.69) is 26.0 Å². The third-order valence-electron chi connectivity index (χ3n) is 1.52. The lowest BCUT2D eigenvalue weighted by atomic mass is 10.0. The van der Waals surface area contributed by atoms with Crippen molar-refractivity contribution in [3.05, 3.63) is 22.9 Å². The zero-order valence-corrected chi connectivity index (χ0v) is 7.54. The molecule has 0 amide bonds. The van der Waals surface area contributed by atoms with Crippen LogP contribution in [0.25, 0.3) is 5.65 Å². The van der Waals surface area contributed by atoms with E-state index in [4.69, 9.17) is 0 Å². The van der Waals surface area contributed by atoms with Crippen LogP contribution in [-0.2, 0) is 0 Å². The van der Waals surface area contributed by atoms with Gasteiger partial charge in [0.05, 0.1) is 0 Å². The van der Waals surface area contributed by atoms with E-state index in [1.54, 1.807) is 4.52 Å². The topological polar surface area (TPSA) is 30.2 Å². The molecular weight excluding hydrogens is 205 g/mol. The molecule has 2 heterocycles. The fraction of sp³-hybridized carbons (Fsp3) is 0. The maximum absolute atomic E-state index is 4.14. The van der Waals surface area contributed by atoms with Gasteiger partial charge in [-0.25, -0.2) is 9.50 Å². The van der Waals surface area contributed by atoms with Crippen LogP contribution in [0.3, 0.4) is 0 Å². The Balaban J connectivity index is 2.90. The first-order valence-electron chi connectivity index (χ1n) is 3.25. The number of fused-ring (bicyclic) bond motifs is 1. The van der Waals surface area contributed by atoms with Gasteiger partial charge in [0, 0.05) is 0 Å². The van der Waals surface area contributed by atoms with Gasteiger partial charge in [-0.1, -0.05) is 12.1 Å². The maximum Gasteiger partial charge on any atom is 0.218 e. The monoisotopic (exact) mass is 209 g/mol. The predicted octanol–water partition coefficient (Wildman–Crippen LogP) is -0.250. The summed E-state index contributed by atoms with van der Waals surface area (Å²) in [7, 11) is 1.99. The van der Waals surface area contributed by atoms with Crippen LogP contribution in [0, 0.1) is 0 Å². The lowest BCUT2D eigenvalue weighted by molar-refractivity contribution is 0.973. The van der Waals surface area contributed by atoms with Crippen molar-refractivity contribution in [1.29, 1.82) is 0 Å². The van der Waals surface area contributed by atoms with Gasteiger partial charge >= 0.3 is 0 Å². The predicted molar refractivity (Wildman–Crippen MR) is 48.9 cm³/mol. The third kappa shape index (κ3) is 1.05. The Hall–Kier alpha value is -0.835. The Labute approximate surface area is 73.0 Å². The van der Waals surface area contributed by atoms with E-state index in [0.717, 1.165) is 11.2 Å². The summed E-state index contributed by atoms with van der Waals surface area (Å²) in [5.41, 5.74) is 1.96. The molecule has 0 N–H and O–H groups in total. The quantitative estimate of drug-likeness (QED) is 0.561. The highest BCUT2D eigenvalue weighted by Crippen LogP contribution is 2.03. The second-order valence-corrected chi connectivity index (χ2v) is 3.03. The van der Waals surface area contributed by atoms with Crippen molar-refractivity contribution >= 4 is 35.0 Å². The Morgan fingerprint density at radius 1 is 1.45 bits per heavy atom. The lowest BCUT2D eigenvalue weighted by Gasteiger charge is -1.93. The minimum absolute atomic E-state index is 0.631. The molecule has 0 aliphatic rings. The van der Waals surface area contributed by atoms with E-state index >= 15 is 0 Å². The van der Waals surface area contributed by atoms with E-state index < -0.39 is 0 Å². The van der Waals surface area contributed by atoms with Gasteiger partial charge in [0.25, 0.3) is 0 Å². The molecule has 0 atom stereocenters. The van der Waals surface area contributed by atoms with Crippen LogP contribution in [0.15, 0.2) is 22.9 Å². The average molecular weight is 210 g/mol. The van der Waals surface area contributed by atoms with Crippen molar-refractivity contribution in [2.45, 2.75) is 0 Å². The molecule has 54 valence electrons. The van der Waals surface area contributed by atoms with E-state index in [0.29, 0.717) is 4.73 Å². The van der Waals surface area contributed by atoms with Crippen LogP contribution >= 0.6 is 15.9 Å². The van der Waals surface area contributed by atoms with Crippen molar-refractivity contribution in [3.63, 3.8) is 0 Å². The van der Waals surface area contributed by atoms with E-state index in [1.165, 1.54) is 0 Å². The maximum atomic E-state index is 4.14. The summed E-state index contributed by atoms with van der Waals surface area (Å²) >= 11 is 3.22. The molecule has 0 aliphatic carbocycles. The molecule has 0 saturated carbocycles. The SMILES string of the molecule is Bc1cccc2nc(Br)nn12. The molecule has 0 spiro atoms. The number of rotatable bonds is 0. The van der Waals surface area contributed by atoms with Gasteiger partial charge in [0.1, 0.15) is 0 Å². The van der Waals surface area contributed by atoms with Gasteiger partial charge in [-0.15, -0.1) is 5.10 Å². The first kappa shape index (κ1) is 6.85. The van der Waals surface area contributed by atoms with Crippen molar-refractivity contribution in [2.75, 3.05) is 0 Å². The average Bonchev–Trinajstić information content (AvgIpc) is 2.31. The summed E-state index contributed by atoms with van der Waals surface area (Å²) in [5, 5.41) is 4.13. The van der Waals surface area contributed by atoms with Crippen LogP contribution < -0.4 is 5.59 Å². The minimum atomic E-state index is 0.631. The second kappa shape index (κ2) is 2.34. The number of aromatic nitrogens is 3. The fourth-order valence-corrected chi connectivity index (χ4v) is 1.35. The highest BCUT2D eigenvalue weighted by atomic mass is 79.9. The molecule has 0 unspecified atom stereocenters. The molecule has 5 heteroatoms. The molecule has 0 aromatic carbocycles. The Morgan fingerprint density at radius 2 is 2.27 bits per heavy atom. The molecule has 2 aromatic rings. The number of hydrogen-bond acceptors (Lipinski definition) is 2. The minimum Gasteiger partial charge on any atom is -0.227 e. The van der Waals surface area contributed by atoms with Crippen molar-refractivity contribution in [2.24, 2.45) is 0 Å². The van der Waals surface area contributed by atoms with Gasteiger partial charge in [0.15, 0.2) is 13.5 Å². The fourth-order valence-electron chi connectivity index (χ4n) is 1.01. The number of pyridine rings is 1. The van der Waals surface area contributed by atoms with E-state index in [1.807, 2.05) is 26.0 Å². The van der Waals surface area contributed by atoms with Crippen LogP contribution in [0.1, 0.15) is 0 Å². The van der Waals surface area contributed by atoms with Gasteiger partial charge < -0.3 is 0 Å². The molecule has 0 radical (unpaired) electrons.